The number of allylic oxidation sites excluding steroid dienone is 3. The van der Waals surface area contributed by atoms with Crippen molar-refractivity contribution in [2.45, 2.75) is 116 Å². The summed E-state index contributed by atoms with van der Waals surface area (Å²) in [5, 5.41) is 40.4. The molecular weight excluding hydrogens is 440 g/mol. The van der Waals surface area contributed by atoms with E-state index in [9.17, 15) is 15.3 Å². The lowest BCUT2D eigenvalue weighted by Gasteiger charge is -2.44. The van der Waals surface area contributed by atoms with Crippen molar-refractivity contribution >= 4 is 0 Å². The molecule has 0 radical (unpaired) electrons. The second-order valence-electron chi connectivity index (χ2n) is 12.4. The first-order valence-corrected chi connectivity index (χ1v) is 13.9. The molecular formula is C30H50O5. The molecule has 0 aromatic rings. The van der Waals surface area contributed by atoms with Crippen LogP contribution in [0.5, 0.6) is 0 Å². The molecule has 0 aromatic heterocycles. The van der Waals surface area contributed by atoms with Crippen molar-refractivity contribution < 1.29 is 25.2 Å². The fourth-order valence-electron chi connectivity index (χ4n) is 7.21. The fraction of sp³-hybridized carbons (Fsp3) is 0.800. The van der Waals surface area contributed by atoms with Crippen LogP contribution in [0.3, 0.4) is 0 Å². The zero-order chi connectivity index (χ0) is 25.8. The van der Waals surface area contributed by atoms with Crippen LogP contribution in [-0.4, -0.2) is 57.6 Å². The van der Waals surface area contributed by atoms with Gasteiger partial charge < -0.3 is 25.2 Å². The Morgan fingerprint density at radius 1 is 1.20 bits per heavy atom. The Morgan fingerprint density at radius 3 is 2.63 bits per heavy atom. The molecule has 5 heteroatoms. The van der Waals surface area contributed by atoms with E-state index < -0.39 is 23.9 Å². The summed E-state index contributed by atoms with van der Waals surface area (Å²) < 4.78 is 5.63. The van der Waals surface area contributed by atoms with Gasteiger partial charge in [-0.15, -0.1) is 0 Å². The van der Waals surface area contributed by atoms with E-state index in [0.717, 1.165) is 30.8 Å². The van der Waals surface area contributed by atoms with Gasteiger partial charge in [-0.25, -0.2) is 0 Å². The van der Waals surface area contributed by atoms with Gasteiger partial charge in [-0.2, -0.15) is 0 Å². The first kappa shape index (κ1) is 28.6. The molecule has 3 aliphatic rings. The van der Waals surface area contributed by atoms with Gasteiger partial charge in [0.15, 0.2) is 0 Å². The summed E-state index contributed by atoms with van der Waals surface area (Å²) in [7, 11) is 0. The third-order valence-electron chi connectivity index (χ3n) is 9.17. The lowest BCUT2D eigenvalue weighted by molar-refractivity contribution is -0.0968. The van der Waals surface area contributed by atoms with Crippen molar-refractivity contribution in [1.29, 1.82) is 0 Å². The Bertz CT molecular complexity index is 778. The second-order valence-corrected chi connectivity index (χ2v) is 12.4. The highest BCUT2D eigenvalue weighted by molar-refractivity contribution is 5.40. The minimum Gasteiger partial charge on any atom is -0.396 e. The Hall–Kier alpha value is -0.980. The summed E-state index contributed by atoms with van der Waals surface area (Å²) in [4.78, 5) is 0. The largest absolute Gasteiger partial charge is 0.396 e. The lowest BCUT2D eigenvalue weighted by Crippen LogP contribution is -2.45. The molecule has 3 saturated carbocycles. The maximum atomic E-state index is 10.7. The van der Waals surface area contributed by atoms with Gasteiger partial charge in [0.25, 0.3) is 0 Å². The van der Waals surface area contributed by atoms with Crippen LogP contribution >= 0.6 is 0 Å². The number of rotatable bonds is 10. The van der Waals surface area contributed by atoms with E-state index in [1.54, 1.807) is 0 Å². The van der Waals surface area contributed by atoms with Crippen LogP contribution in [0.4, 0.5) is 0 Å². The van der Waals surface area contributed by atoms with Crippen molar-refractivity contribution in [3.63, 3.8) is 0 Å². The monoisotopic (exact) mass is 490 g/mol. The van der Waals surface area contributed by atoms with Gasteiger partial charge in [0.2, 0.25) is 0 Å². The standard InChI is InChI=1S/C30H50O5/c1-20(9-6-15-29(3,4)34)24-13-14-25-22(10-7-16-30(24,25)5)11-12-23-19-26(32)28(27(33)21(23)2)35-18-8-17-31/h11-12,20,24-28,31-34H,2,6-10,13-19H2,1,3-5H3/b22-11+,23-12-/t20-,24-,25+,26-,27-,28+,30-/m1/s1. The molecule has 3 rings (SSSR count). The number of aliphatic hydroxyl groups is 4. The van der Waals surface area contributed by atoms with E-state index >= 15 is 0 Å². The minimum atomic E-state index is -0.931. The third-order valence-corrected chi connectivity index (χ3v) is 9.17. The molecule has 4 N–H and O–H groups in total. The number of hydrogen-bond donors (Lipinski definition) is 4. The summed E-state index contributed by atoms with van der Waals surface area (Å²) in [6.07, 6.45) is 12.1. The average molecular weight is 491 g/mol. The van der Waals surface area contributed by atoms with E-state index in [0.29, 0.717) is 42.3 Å². The van der Waals surface area contributed by atoms with Gasteiger partial charge in [-0.3, -0.25) is 0 Å². The third kappa shape index (κ3) is 6.87. The van der Waals surface area contributed by atoms with Crippen LogP contribution in [0.15, 0.2) is 35.5 Å². The van der Waals surface area contributed by atoms with Crippen molar-refractivity contribution in [1.82, 2.24) is 0 Å². The minimum absolute atomic E-state index is 0.0269. The van der Waals surface area contributed by atoms with Crippen LogP contribution in [-0.2, 0) is 4.74 Å². The predicted octanol–water partition coefficient (Wildman–Crippen LogP) is 5.08. The molecule has 0 spiro atoms. The van der Waals surface area contributed by atoms with Gasteiger partial charge in [0, 0.05) is 19.6 Å². The molecule has 3 fully saturated rings. The summed E-state index contributed by atoms with van der Waals surface area (Å²) in [5.74, 6) is 1.98. The molecule has 35 heavy (non-hydrogen) atoms. The number of hydrogen-bond acceptors (Lipinski definition) is 5. The quantitative estimate of drug-likeness (QED) is 0.321. The molecule has 0 aliphatic heterocycles. The van der Waals surface area contributed by atoms with Gasteiger partial charge in [-0.05, 0) is 93.1 Å². The maximum Gasteiger partial charge on any atom is 0.114 e. The van der Waals surface area contributed by atoms with Crippen LogP contribution in [0, 0.1) is 23.2 Å². The molecule has 3 aliphatic carbocycles. The van der Waals surface area contributed by atoms with Crippen molar-refractivity contribution in [3.8, 4) is 0 Å². The zero-order valence-corrected chi connectivity index (χ0v) is 22.5. The van der Waals surface area contributed by atoms with E-state index in [4.69, 9.17) is 9.84 Å². The van der Waals surface area contributed by atoms with Crippen molar-refractivity contribution in [2.75, 3.05) is 13.2 Å². The summed E-state index contributed by atoms with van der Waals surface area (Å²) in [6.45, 7) is 13.2. The molecule has 0 amide bonds. The molecule has 7 atom stereocenters. The Balaban J connectivity index is 1.67. The summed E-state index contributed by atoms with van der Waals surface area (Å²) >= 11 is 0. The first-order chi connectivity index (χ1) is 16.5. The van der Waals surface area contributed by atoms with Crippen molar-refractivity contribution in [3.05, 3.63) is 35.5 Å². The Morgan fingerprint density at radius 2 is 1.94 bits per heavy atom. The van der Waals surface area contributed by atoms with Crippen LogP contribution < -0.4 is 0 Å². The Labute approximate surface area is 213 Å². The normalized spacial score (nSPS) is 37.1. The highest BCUT2D eigenvalue weighted by Gasteiger charge is 2.50. The SMILES string of the molecule is C=C1/C(=C\C=C2/CCC[C@]3(C)[C@@H]([C@H](C)CCCC(C)(C)O)CC[C@@H]23)C[C@@H](O)[C@H](OCCCO)[C@@H]1O. The summed E-state index contributed by atoms with van der Waals surface area (Å²) in [6, 6.07) is 0. The highest BCUT2D eigenvalue weighted by Crippen LogP contribution is 2.60. The molecule has 200 valence electrons. The molecule has 0 saturated heterocycles. The first-order valence-electron chi connectivity index (χ1n) is 13.9. The predicted molar refractivity (Wildman–Crippen MR) is 141 cm³/mol. The van der Waals surface area contributed by atoms with E-state index in [-0.39, 0.29) is 6.61 Å². The van der Waals surface area contributed by atoms with Crippen LogP contribution in [0.1, 0.15) is 91.9 Å². The van der Waals surface area contributed by atoms with Crippen LogP contribution in [0.25, 0.3) is 0 Å². The second kappa shape index (κ2) is 12.0. The lowest BCUT2D eigenvalue weighted by atomic mass is 9.60. The van der Waals surface area contributed by atoms with Crippen LogP contribution in [0.2, 0.25) is 0 Å². The smallest absolute Gasteiger partial charge is 0.114 e. The van der Waals surface area contributed by atoms with Gasteiger partial charge in [-0.1, -0.05) is 51.0 Å². The zero-order valence-electron chi connectivity index (χ0n) is 22.5. The maximum absolute atomic E-state index is 10.7. The van der Waals surface area contributed by atoms with Gasteiger partial charge in [0.05, 0.1) is 11.7 Å². The average Bonchev–Trinajstić information content (AvgIpc) is 3.14. The van der Waals surface area contributed by atoms with Gasteiger partial charge >= 0.3 is 0 Å². The summed E-state index contributed by atoms with van der Waals surface area (Å²) in [5.41, 5.74) is 2.79. The molecule has 0 bridgehead atoms. The molecule has 0 aromatic carbocycles. The van der Waals surface area contributed by atoms with Crippen molar-refractivity contribution in [2.24, 2.45) is 23.2 Å². The molecule has 0 unspecified atom stereocenters. The number of ether oxygens (including phenoxy) is 1. The van der Waals surface area contributed by atoms with E-state index in [2.05, 4.69) is 32.6 Å². The fourth-order valence-corrected chi connectivity index (χ4v) is 7.21. The van der Waals surface area contributed by atoms with E-state index in [1.807, 2.05) is 13.8 Å². The number of aliphatic hydroxyl groups excluding tert-OH is 3. The van der Waals surface area contributed by atoms with Gasteiger partial charge in [0.1, 0.15) is 12.2 Å². The van der Waals surface area contributed by atoms with E-state index in [1.165, 1.54) is 37.7 Å². The Kier molecular flexibility index (Phi) is 9.84. The molecule has 0 heterocycles. The number of fused-ring (bicyclic) bond motifs is 1. The topological polar surface area (TPSA) is 90.2 Å². The highest BCUT2D eigenvalue weighted by atomic mass is 16.5. The molecule has 5 nitrogen and oxygen atoms in total.